The van der Waals surface area contributed by atoms with Crippen molar-refractivity contribution >= 4 is 23.7 Å². The normalized spacial score (nSPS) is 11.2. The van der Waals surface area contributed by atoms with Crippen LogP contribution in [0.5, 0.6) is 11.5 Å². The zero-order valence-electron chi connectivity index (χ0n) is 19.6. The smallest absolute Gasteiger partial charge is 0.416 e. The van der Waals surface area contributed by atoms with E-state index in [-0.39, 0.29) is 24.5 Å². The zero-order chi connectivity index (χ0) is 26.1. The number of aryl methyl sites for hydroxylation is 1. The average Bonchev–Trinajstić information content (AvgIpc) is 2.84. The van der Waals surface area contributed by atoms with E-state index < -0.39 is 17.6 Å². The van der Waals surface area contributed by atoms with Gasteiger partial charge in [0, 0.05) is 5.69 Å². The van der Waals surface area contributed by atoms with Gasteiger partial charge in [-0.3, -0.25) is 9.59 Å². The van der Waals surface area contributed by atoms with Crippen molar-refractivity contribution in [2.75, 3.05) is 19.0 Å². The third-order valence-electron chi connectivity index (χ3n) is 4.99. The molecule has 0 aromatic heterocycles. The number of anilines is 1. The van der Waals surface area contributed by atoms with Crippen molar-refractivity contribution in [1.82, 2.24) is 5.43 Å². The van der Waals surface area contributed by atoms with Gasteiger partial charge in [-0.25, -0.2) is 5.43 Å². The van der Waals surface area contributed by atoms with E-state index >= 15 is 0 Å². The van der Waals surface area contributed by atoms with E-state index in [0.29, 0.717) is 22.7 Å². The Kier molecular flexibility index (Phi) is 8.66. The van der Waals surface area contributed by atoms with Crippen molar-refractivity contribution in [3.8, 4) is 11.5 Å². The Balaban J connectivity index is 1.54. The summed E-state index contributed by atoms with van der Waals surface area (Å²) in [5.74, 6) is -0.223. The van der Waals surface area contributed by atoms with Gasteiger partial charge in [-0.05, 0) is 53.9 Å². The predicted octanol–water partition coefficient (Wildman–Crippen LogP) is 4.73. The molecular weight excluding hydrogens is 475 g/mol. The number of hydrazone groups is 1. The molecule has 0 saturated heterocycles. The predicted molar refractivity (Wildman–Crippen MR) is 129 cm³/mol. The fraction of sp³-hybridized carbons (Fsp3) is 0.192. The number of carbonyl (C=O) groups excluding carboxylic acids is 2. The first-order valence-electron chi connectivity index (χ1n) is 10.8. The number of para-hydroxylation sites is 1. The van der Waals surface area contributed by atoms with Gasteiger partial charge in [0.2, 0.25) is 5.91 Å². The average molecular weight is 499 g/mol. The maximum atomic E-state index is 12.8. The van der Waals surface area contributed by atoms with Crippen LogP contribution in [0, 0.1) is 6.92 Å². The number of ether oxygens (including phenoxy) is 2. The first-order valence-corrected chi connectivity index (χ1v) is 10.8. The number of methoxy groups -OCH3 is 1. The fourth-order valence-corrected chi connectivity index (χ4v) is 3.19. The molecule has 0 bridgehead atoms. The molecule has 188 valence electrons. The number of rotatable bonds is 9. The minimum Gasteiger partial charge on any atom is -0.493 e. The summed E-state index contributed by atoms with van der Waals surface area (Å²) >= 11 is 0. The summed E-state index contributed by atoms with van der Waals surface area (Å²) < 4.78 is 49.3. The van der Waals surface area contributed by atoms with Crippen molar-refractivity contribution in [3.63, 3.8) is 0 Å². The highest BCUT2D eigenvalue weighted by atomic mass is 19.4. The molecule has 0 radical (unpaired) electrons. The van der Waals surface area contributed by atoms with Gasteiger partial charge < -0.3 is 14.8 Å². The lowest BCUT2D eigenvalue weighted by molar-refractivity contribution is -0.137. The highest BCUT2D eigenvalue weighted by Gasteiger charge is 2.30. The molecule has 3 rings (SSSR count). The number of amides is 2. The Hall–Kier alpha value is -4.34. The summed E-state index contributed by atoms with van der Waals surface area (Å²) in [6.07, 6.45) is -3.40. The van der Waals surface area contributed by atoms with Crippen LogP contribution in [-0.2, 0) is 22.2 Å². The van der Waals surface area contributed by atoms with Gasteiger partial charge in [0.1, 0.15) is 0 Å². The van der Waals surface area contributed by atoms with E-state index in [9.17, 15) is 22.8 Å². The number of alkyl halides is 3. The lowest BCUT2D eigenvalue weighted by Gasteiger charge is -2.12. The molecule has 2 amide bonds. The Morgan fingerprint density at radius 1 is 0.972 bits per heavy atom. The molecule has 0 aliphatic rings. The topological polar surface area (TPSA) is 89.0 Å². The number of benzene rings is 3. The first kappa shape index (κ1) is 26.3. The molecule has 0 unspecified atom stereocenters. The second kappa shape index (κ2) is 11.9. The highest BCUT2D eigenvalue weighted by Crippen LogP contribution is 2.30. The first-order chi connectivity index (χ1) is 17.2. The van der Waals surface area contributed by atoms with Crippen molar-refractivity contribution in [3.05, 3.63) is 89.0 Å². The summed E-state index contributed by atoms with van der Waals surface area (Å²) in [6, 6.07) is 16.7. The van der Waals surface area contributed by atoms with Crippen LogP contribution in [0.4, 0.5) is 18.9 Å². The van der Waals surface area contributed by atoms with Crippen LogP contribution in [0.25, 0.3) is 0 Å². The Labute approximate surface area is 205 Å². The van der Waals surface area contributed by atoms with E-state index in [0.717, 1.165) is 17.7 Å². The second-order valence-corrected chi connectivity index (χ2v) is 7.73. The van der Waals surface area contributed by atoms with Crippen LogP contribution in [-0.4, -0.2) is 31.7 Å². The molecule has 0 aliphatic carbocycles. The van der Waals surface area contributed by atoms with Crippen molar-refractivity contribution < 1.29 is 32.2 Å². The number of nitrogens with one attached hydrogen (secondary N) is 2. The minimum absolute atomic E-state index is 0.215. The van der Waals surface area contributed by atoms with Gasteiger partial charge in [0.05, 0.1) is 25.3 Å². The standard InChI is InChI=1S/C26H24F3N3O4/c1-17-6-3-4-9-21(17)31-25(34)16-36-22-11-10-19(13-23(22)35-2)15-30-32-24(33)14-18-7-5-8-20(12-18)26(27,28)29/h3-13,15H,14,16H2,1-2H3,(H,31,34)(H,32,33)/b30-15+. The van der Waals surface area contributed by atoms with Crippen LogP contribution >= 0.6 is 0 Å². The molecule has 0 fully saturated rings. The molecule has 0 aliphatic heterocycles. The third-order valence-corrected chi connectivity index (χ3v) is 4.99. The molecule has 2 N–H and O–H groups in total. The maximum Gasteiger partial charge on any atom is 0.416 e. The molecule has 10 heteroatoms. The largest absolute Gasteiger partial charge is 0.493 e. The Morgan fingerprint density at radius 3 is 2.47 bits per heavy atom. The molecule has 36 heavy (non-hydrogen) atoms. The second-order valence-electron chi connectivity index (χ2n) is 7.73. The van der Waals surface area contributed by atoms with Crippen molar-refractivity contribution in [2.24, 2.45) is 5.10 Å². The molecule has 3 aromatic carbocycles. The quantitative estimate of drug-likeness (QED) is 0.329. The van der Waals surface area contributed by atoms with Crippen LogP contribution in [0.2, 0.25) is 0 Å². The molecule has 0 spiro atoms. The number of halogens is 3. The molecule has 0 saturated carbocycles. The number of hydrogen-bond donors (Lipinski definition) is 2. The highest BCUT2D eigenvalue weighted by molar-refractivity contribution is 5.92. The van der Waals surface area contributed by atoms with Crippen LogP contribution < -0.4 is 20.2 Å². The zero-order valence-corrected chi connectivity index (χ0v) is 19.6. The van der Waals surface area contributed by atoms with Crippen LogP contribution in [0.3, 0.4) is 0 Å². The van der Waals surface area contributed by atoms with Gasteiger partial charge in [-0.1, -0.05) is 36.4 Å². The van der Waals surface area contributed by atoms with Crippen molar-refractivity contribution in [2.45, 2.75) is 19.5 Å². The Bertz CT molecular complexity index is 1260. The summed E-state index contributed by atoms with van der Waals surface area (Å²) in [5, 5.41) is 6.61. The number of hydrogen-bond acceptors (Lipinski definition) is 5. The van der Waals surface area contributed by atoms with Gasteiger partial charge in [0.25, 0.3) is 5.91 Å². The summed E-state index contributed by atoms with van der Waals surface area (Å²) in [6.45, 7) is 1.65. The van der Waals surface area contributed by atoms with Crippen LogP contribution in [0.15, 0.2) is 71.8 Å². The molecular formula is C26H24F3N3O4. The van der Waals surface area contributed by atoms with E-state index in [1.807, 2.05) is 25.1 Å². The molecule has 3 aromatic rings. The van der Waals surface area contributed by atoms with Crippen molar-refractivity contribution in [1.29, 1.82) is 0 Å². The lowest BCUT2D eigenvalue weighted by Crippen LogP contribution is -2.21. The molecule has 0 heterocycles. The minimum atomic E-state index is -4.48. The van der Waals surface area contributed by atoms with Gasteiger partial charge in [-0.2, -0.15) is 18.3 Å². The SMILES string of the molecule is COc1cc(/C=N/NC(=O)Cc2cccc(C(F)(F)F)c2)ccc1OCC(=O)Nc1ccccc1C. The molecule has 0 atom stereocenters. The van der Waals surface area contributed by atoms with Crippen LogP contribution in [0.1, 0.15) is 22.3 Å². The third kappa shape index (κ3) is 7.59. The summed E-state index contributed by atoms with van der Waals surface area (Å²) in [4.78, 5) is 24.3. The van der Waals surface area contributed by atoms with Gasteiger partial charge in [0.15, 0.2) is 18.1 Å². The Morgan fingerprint density at radius 2 is 1.75 bits per heavy atom. The van der Waals surface area contributed by atoms with E-state index in [1.165, 1.54) is 25.5 Å². The maximum absolute atomic E-state index is 12.8. The lowest BCUT2D eigenvalue weighted by atomic mass is 10.1. The van der Waals surface area contributed by atoms with Gasteiger partial charge >= 0.3 is 6.18 Å². The number of nitrogens with zero attached hydrogens (tertiary/aromatic N) is 1. The number of carbonyl (C=O) groups is 2. The van der Waals surface area contributed by atoms with Gasteiger partial charge in [-0.15, -0.1) is 0 Å². The monoisotopic (exact) mass is 499 g/mol. The van der Waals surface area contributed by atoms with E-state index in [4.69, 9.17) is 9.47 Å². The fourth-order valence-electron chi connectivity index (χ4n) is 3.19. The summed E-state index contributed by atoms with van der Waals surface area (Å²) in [5.41, 5.74) is 3.85. The van der Waals surface area contributed by atoms with E-state index in [1.54, 1.807) is 24.3 Å². The van der Waals surface area contributed by atoms with E-state index in [2.05, 4.69) is 15.8 Å². The molecule has 7 nitrogen and oxygen atoms in total. The summed E-state index contributed by atoms with van der Waals surface area (Å²) in [7, 11) is 1.44.